The van der Waals surface area contributed by atoms with E-state index in [4.69, 9.17) is 10.2 Å². The van der Waals surface area contributed by atoms with E-state index in [1.165, 1.54) is 11.8 Å². The maximum atomic E-state index is 11.9. The monoisotopic (exact) mass is 254 g/mol. The summed E-state index contributed by atoms with van der Waals surface area (Å²) in [6, 6.07) is 3.73. The van der Waals surface area contributed by atoms with E-state index in [0.29, 0.717) is 18.2 Å². The summed E-state index contributed by atoms with van der Waals surface area (Å²) in [5, 5.41) is 3.77. The first-order valence-corrected chi connectivity index (χ1v) is 7.12. The lowest BCUT2D eigenvalue weighted by molar-refractivity contribution is 0.0895. The topological polar surface area (TPSA) is 68.3 Å². The molecule has 2 atom stereocenters. The zero-order valence-electron chi connectivity index (χ0n) is 9.94. The number of rotatable bonds is 4. The number of carbonyl (C=O) groups excluding carboxylic acids is 1. The van der Waals surface area contributed by atoms with Gasteiger partial charge in [-0.25, -0.2) is 0 Å². The quantitative estimate of drug-likeness (QED) is 0.805. The van der Waals surface area contributed by atoms with Gasteiger partial charge in [-0.15, -0.1) is 0 Å². The zero-order valence-corrected chi connectivity index (χ0v) is 10.8. The van der Waals surface area contributed by atoms with Crippen LogP contribution in [0.4, 0.5) is 0 Å². The van der Waals surface area contributed by atoms with Gasteiger partial charge in [-0.1, -0.05) is 18.2 Å². The minimum atomic E-state index is -0.129. The highest BCUT2D eigenvalue weighted by Gasteiger charge is 2.28. The number of carbonyl (C=O) groups is 1. The molecule has 1 amide bonds. The molecule has 1 aliphatic carbocycles. The van der Waals surface area contributed by atoms with Gasteiger partial charge in [0.05, 0.1) is 0 Å². The Morgan fingerprint density at radius 1 is 1.59 bits per heavy atom. The molecule has 0 spiro atoms. The molecule has 1 saturated carbocycles. The van der Waals surface area contributed by atoms with E-state index in [9.17, 15) is 4.79 Å². The van der Waals surface area contributed by atoms with Crippen molar-refractivity contribution >= 4 is 17.7 Å². The Hall–Kier alpha value is -0.940. The summed E-state index contributed by atoms with van der Waals surface area (Å²) in [4.78, 5) is 11.9. The molecule has 94 valence electrons. The molecule has 0 saturated heterocycles. The molecule has 0 bridgehead atoms. The van der Waals surface area contributed by atoms with E-state index in [1.807, 2.05) is 12.3 Å². The van der Waals surface area contributed by atoms with E-state index < -0.39 is 0 Å². The van der Waals surface area contributed by atoms with Gasteiger partial charge < -0.3 is 15.5 Å². The average Bonchev–Trinajstić information content (AvgIpc) is 2.96. The van der Waals surface area contributed by atoms with Crippen LogP contribution < -0.4 is 11.1 Å². The van der Waals surface area contributed by atoms with E-state index in [-0.39, 0.29) is 11.9 Å². The average molecular weight is 254 g/mol. The summed E-state index contributed by atoms with van der Waals surface area (Å²) in [5.41, 5.74) is 5.69. The Labute approximate surface area is 105 Å². The van der Waals surface area contributed by atoms with E-state index >= 15 is 0 Å². The molecule has 1 fully saturated rings. The molecular formula is C12H18N2O2S. The fourth-order valence-corrected chi connectivity index (χ4v) is 2.68. The minimum Gasteiger partial charge on any atom is -0.445 e. The van der Waals surface area contributed by atoms with Gasteiger partial charge in [0.25, 0.3) is 5.91 Å². The van der Waals surface area contributed by atoms with Crippen LogP contribution in [0.1, 0.15) is 29.8 Å². The molecule has 17 heavy (non-hydrogen) atoms. The van der Waals surface area contributed by atoms with Crippen molar-refractivity contribution in [3.8, 4) is 0 Å². The molecule has 0 aliphatic heterocycles. The van der Waals surface area contributed by atoms with Gasteiger partial charge in [0.15, 0.2) is 10.9 Å². The molecule has 0 aromatic carbocycles. The molecule has 2 unspecified atom stereocenters. The second kappa shape index (κ2) is 5.60. The van der Waals surface area contributed by atoms with Gasteiger partial charge in [-0.2, -0.15) is 0 Å². The molecule has 1 aliphatic rings. The Morgan fingerprint density at radius 3 is 3.06 bits per heavy atom. The second-order valence-corrected chi connectivity index (χ2v) is 5.14. The van der Waals surface area contributed by atoms with Crippen molar-refractivity contribution in [2.24, 2.45) is 11.7 Å². The summed E-state index contributed by atoms with van der Waals surface area (Å²) >= 11 is 1.49. The number of thioether (sulfide) groups is 1. The first-order chi connectivity index (χ1) is 8.24. The highest BCUT2D eigenvalue weighted by atomic mass is 32.2. The maximum Gasteiger partial charge on any atom is 0.287 e. The number of furan rings is 1. The third-order valence-corrected chi connectivity index (χ3v) is 3.91. The third-order valence-electron chi connectivity index (χ3n) is 3.28. The Morgan fingerprint density at radius 2 is 2.41 bits per heavy atom. The molecule has 1 heterocycles. The Kier molecular flexibility index (Phi) is 4.12. The maximum absolute atomic E-state index is 11.9. The lowest BCUT2D eigenvalue weighted by Crippen LogP contribution is -2.39. The van der Waals surface area contributed by atoms with Crippen LogP contribution in [0.5, 0.6) is 0 Å². The van der Waals surface area contributed by atoms with Gasteiger partial charge in [-0.05, 0) is 43.7 Å². The van der Waals surface area contributed by atoms with Crippen molar-refractivity contribution in [3.05, 3.63) is 17.9 Å². The van der Waals surface area contributed by atoms with Crippen LogP contribution in [0.3, 0.4) is 0 Å². The van der Waals surface area contributed by atoms with Gasteiger partial charge >= 0.3 is 0 Å². The van der Waals surface area contributed by atoms with Crippen molar-refractivity contribution in [2.75, 3.05) is 12.8 Å². The number of amides is 1. The predicted octanol–water partition coefficient (Wildman–Crippen LogP) is 1.86. The van der Waals surface area contributed by atoms with Crippen LogP contribution in [0.25, 0.3) is 0 Å². The van der Waals surface area contributed by atoms with Gasteiger partial charge in [0, 0.05) is 6.04 Å². The van der Waals surface area contributed by atoms with E-state index in [2.05, 4.69) is 5.32 Å². The minimum absolute atomic E-state index is 0.129. The number of hydrogen-bond acceptors (Lipinski definition) is 4. The van der Waals surface area contributed by atoms with Crippen LogP contribution in [0, 0.1) is 5.92 Å². The van der Waals surface area contributed by atoms with Gasteiger partial charge in [-0.3, -0.25) is 4.79 Å². The van der Waals surface area contributed by atoms with Gasteiger partial charge in [0.1, 0.15) is 0 Å². The Bertz CT molecular complexity index is 392. The van der Waals surface area contributed by atoms with Crippen molar-refractivity contribution < 1.29 is 9.21 Å². The largest absolute Gasteiger partial charge is 0.445 e. The summed E-state index contributed by atoms with van der Waals surface area (Å²) in [7, 11) is 0. The van der Waals surface area contributed by atoms with Crippen molar-refractivity contribution in [1.82, 2.24) is 5.32 Å². The van der Waals surface area contributed by atoms with E-state index in [0.717, 1.165) is 24.4 Å². The molecule has 2 rings (SSSR count). The summed E-state index contributed by atoms with van der Waals surface area (Å²) in [6.45, 7) is 0.638. The smallest absolute Gasteiger partial charge is 0.287 e. The van der Waals surface area contributed by atoms with Crippen LogP contribution in [0.2, 0.25) is 0 Å². The highest BCUT2D eigenvalue weighted by Crippen LogP contribution is 2.25. The molecule has 3 N–H and O–H groups in total. The number of nitrogens with two attached hydrogens (primary N) is 1. The molecule has 5 heteroatoms. The third kappa shape index (κ3) is 2.84. The fraction of sp³-hybridized carbons (Fsp3) is 0.583. The normalized spacial score (nSPS) is 23.9. The summed E-state index contributed by atoms with van der Waals surface area (Å²) in [5.74, 6) is 0.668. The molecule has 0 radical (unpaired) electrons. The van der Waals surface area contributed by atoms with Crippen LogP contribution >= 0.6 is 11.8 Å². The standard InChI is InChI=1S/C12H18N2O2S/c1-17-11-6-5-10(16-11)12(15)14-9-4-2-3-8(9)7-13/h5-6,8-9H,2-4,7,13H2,1H3,(H,14,15). The summed E-state index contributed by atoms with van der Waals surface area (Å²) < 4.78 is 5.39. The summed E-state index contributed by atoms with van der Waals surface area (Å²) in [6.07, 6.45) is 5.18. The van der Waals surface area contributed by atoms with Crippen molar-refractivity contribution in [2.45, 2.75) is 30.4 Å². The Balaban J connectivity index is 1.96. The fourth-order valence-electron chi connectivity index (χ4n) is 2.30. The lowest BCUT2D eigenvalue weighted by Gasteiger charge is -2.18. The second-order valence-electron chi connectivity index (χ2n) is 4.33. The lowest BCUT2D eigenvalue weighted by atomic mass is 10.0. The first kappa shape index (κ1) is 12.5. The van der Waals surface area contributed by atoms with Crippen LogP contribution in [0.15, 0.2) is 21.6 Å². The number of hydrogen-bond donors (Lipinski definition) is 2. The first-order valence-electron chi connectivity index (χ1n) is 5.89. The van der Waals surface area contributed by atoms with Crippen molar-refractivity contribution in [3.63, 3.8) is 0 Å². The number of nitrogens with one attached hydrogen (secondary N) is 1. The predicted molar refractivity (Wildman–Crippen MR) is 68.1 cm³/mol. The highest BCUT2D eigenvalue weighted by molar-refractivity contribution is 7.98. The van der Waals surface area contributed by atoms with Crippen molar-refractivity contribution in [1.29, 1.82) is 0 Å². The zero-order chi connectivity index (χ0) is 12.3. The van der Waals surface area contributed by atoms with Crippen LogP contribution in [-0.4, -0.2) is 24.7 Å². The van der Waals surface area contributed by atoms with E-state index in [1.54, 1.807) is 6.07 Å². The molecule has 1 aromatic heterocycles. The molecule has 1 aromatic rings. The van der Waals surface area contributed by atoms with Crippen LogP contribution in [-0.2, 0) is 0 Å². The van der Waals surface area contributed by atoms with Gasteiger partial charge in [0.2, 0.25) is 0 Å². The molecular weight excluding hydrogens is 236 g/mol. The SMILES string of the molecule is CSc1ccc(C(=O)NC2CCCC2CN)o1. The molecule has 4 nitrogen and oxygen atoms in total.